The SMILES string of the molecule is Cn1c(-c2c[c]ccc2)nc2ccccc21. The molecule has 1 radical (unpaired) electrons. The summed E-state index contributed by atoms with van der Waals surface area (Å²) in [5, 5.41) is 0. The van der Waals surface area contributed by atoms with Crippen LogP contribution in [0.15, 0.2) is 48.5 Å². The normalized spacial score (nSPS) is 10.8. The van der Waals surface area contributed by atoms with Crippen LogP contribution in [-0.4, -0.2) is 9.55 Å². The van der Waals surface area contributed by atoms with Gasteiger partial charge >= 0.3 is 0 Å². The third kappa shape index (κ3) is 1.31. The summed E-state index contributed by atoms with van der Waals surface area (Å²) in [4.78, 5) is 4.63. The fourth-order valence-electron chi connectivity index (χ4n) is 1.94. The van der Waals surface area contributed by atoms with E-state index in [0.717, 1.165) is 22.4 Å². The van der Waals surface area contributed by atoms with Crippen molar-refractivity contribution in [2.75, 3.05) is 0 Å². The van der Waals surface area contributed by atoms with Crippen molar-refractivity contribution in [3.63, 3.8) is 0 Å². The molecule has 2 nitrogen and oxygen atoms in total. The van der Waals surface area contributed by atoms with Crippen LogP contribution in [0.3, 0.4) is 0 Å². The molecule has 1 aromatic heterocycles. The van der Waals surface area contributed by atoms with Crippen molar-refractivity contribution in [2.24, 2.45) is 7.05 Å². The zero-order valence-corrected chi connectivity index (χ0v) is 9.01. The van der Waals surface area contributed by atoms with Crippen molar-refractivity contribution in [3.8, 4) is 11.4 Å². The van der Waals surface area contributed by atoms with Gasteiger partial charge in [0.25, 0.3) is 0 Å². The van der Waals surface area contributed by atoms with E-state index in [1.165, 1.54) is 0 Å². The molecule has 0 unspecified atom stereocenters. The molecule has 77 valence electrons. The summed E-state index contributed by atoms with van der Waals surface area (Å²) in [5.74, 6) is 0.984. The van der Waals surface area contributed by atoms with Gasteiger partial charge in [-0.3, -0.25) is 0 Å². The van der Waals surface area contributed by atoms with Gasteiger partial charge in [-0.05, 0) is 24.3 Å². The number of fused-ring (bicyclic) bond motifs is 1. The largest absolute Gasteiger partial charge is 0.327 e. The monoisotopic (exact) mass is 207 g/mol. The zero-order chi connectivity index (χ0) is 11.0. The molecule has 2 aromatic carbocycles. The Morgan fingerprint density at radius 3 is 2.75 bits per heavy atom. The Morgan fingerprint density at radius 1 is 1.12 bits per heavy atom. The van der Waals surface area contributed by atoms with E-state index in [4.69, 9.17) is 0 Å². The molecule has 0 fully saturated rings. The molecule has 0 amide bonds. The first kappa shape index (κ1) is 9.16. The van der Waals surface area contributed by atoms with E-state index >= 15 is 0 Å². The Balaban J connectivity index is 2.29. The molecule has 0 aliphatic carbocycles. The van der Waals surface area contributed by atoms with E-state index in [1.54, 1.807) is 0 Å². The first-order valence-corrected chi connectivity index (χ1v) is 5.24. The molecule has 3 rings (SSSR count). The lowest BCUT2D eigenvalue weighted by molar-refractivity contribution is 0.959. The predicted octanol–water partition coefficient (Wildman–Crippen LogP) is 3.04. The van der Waals surface area contributed by atoms with Gasteiger partial charge < -0.3 is 4.57 Å². The van der Waals surface area contributed by atoms with E-state index in [-0.39, 0.29) is 0 Å². The number of hydrogen-bond acceptors (Lipinski definition) is 1. The van der Waals surface area contributed by atoms with Crippen molar-refractivity contribution in [3.05, 3.63) is 54.6 Å². The highest BCUT2D eigenvalue weighted by Crippen LogP contribution is 2.22. The van der Waals surface area contributed by atoms with E-state index in [1.807, 2.05) is 43.4 Å². The highest BCUT2D eigenvalue weighted by Gasteiger charge is 2.07. The number of aromatic nitrogens is 2. The van der Waals surface area contributed by atoms with Crippen LogP contribution in [0.2, 0.25) is 0 Å². The van der Waals surface area contributed by atoms with Crippen molar-refractivity contribution >= 4 is 11.0 Å². The van der Waals surface area contributed by atoms with Gasteiger partial charge in [0.15, 0.2) is 0 Å². The average Bonchev–Trinajstić information content (AvgIpc) is 2.69. The maximum atomic E-state index is 4.63. The number of imidazole rings is 1. The van der Waals surface area contributed by atoms with Crippen LogP contribution >= 0.6 is 0 Å². The van der Waals surface area contributed by atoms with Crippen LogP contribution in [0.25, 0.3) is 22.4 Å². The number of nitrogens with zero attached hydrogens (tertiary/aromatic N) is 2. The molecule has 1 heterocycles. The summed E-state index contributed by atoms with van der Waals surface area (Å²) < 4.78 is 2.11. The molecule has 0 saturated carbocycles. The Kier molecular flexibility index (Phi) is 2.00. The molecule has 0 atom stereocenters. The van der Waals surface area contributed by atoms with Crippen LogP contribution in [0.5, 0.6) is 0 Å². The number of hydrogen-bond donors (Lipinski definition) is 0. The molecule has 16 heavy (non-hydrogen) atoms. The zero-order valence-electron chi connectivity index (χ0n) is 9.01. The van der Waals surface area contributed by atoms with Crippen molar-refractivity contribution < 1.29 is 0 Å². The van der Waals surface area contributed by atoms with Crippen LogP contribution in [0.1, 0.15) is 0 Å². The third-order valence-corrected chi connectivity index (χ3v) is 2.75. The van der Waals surface area contributed by atoms with E-state index < -0.39 is 0 Å². The third-order valence-electron chi connectivity index (χ3n) is 2.75. The number of aryl methyl sites for hydroxylation is 1. The van der Waals surface area contributed by atoms with E-state index in [0.29, 0.717) is 0 Å². The summed E-state index contributed by atoms with van der Waals surface area (Å²) in [6.07, 6.45) is 0. The summed E-state index contributed by atoms with van der Waals surface area (Å²) >= 11 is 0. The first-order chi connectivity index (χ1) is 7.86. The minimum absolute atomic E-state index is 0.984. The van der Waals surface area contributed by atoms with E-state index in [9.17, 15) is 0 Å². The fourth-order valence-corrected chi connectivity index (χ4v) is 1.94. The topological polar surface area (TPSA) is 17.8 Å². The molecular weight excluding hydrogens is 196 g/mol. The van der Waals surface area contributed by atoms with Crippen LogP contribution in [0, 0.1) is 6.07 Å². The lowest BCUT2D eigenvalue weighted by Crippen LogP contribution is -1.91. The lowest BCUT2D eigenvalue weighted by atomic mass is 10.2. The molecule has 0 aliphatic heterocycles. The highest BCUT2D eigenvalue weighted by atomic mass is 15.1. The minimum atomic E-state index is 0.984. The van der Waals surface area contributed by atoms with Crippen LogP contribution in [0.4, 0.5) is 0 Å². The molecular formula is C14H11N2. The maximum Gasteiger partial charge on any atom is 0.140 e. The van der Waals surface area contributed by atoms with Crippen LogP contribution in [-0.2, 0) is 7.05 Å². The molecule has 0 N–H and O–H groups in total. The second-order valence-electron chi connectivity index (χ2n) is 3.78. The molecule has 3 aromatic rings. The number of para-hydroxylation sites is 2. The molecule has 0 spiro atoms. The summed E-state index contributed by atoms with van der Waals surface area (Å²) in [6, 6.07) is 19.1. The van der Waals surface area contributed by atoms with Gasteiger partial charge in [0.05, 0.1) is 11.0 Å². The Hall–Kier alpha value is -2.09. The summed E-state index contributed by atoms with van der Waals surface area (Å²) in [6.45, 7) is 0. The van der Waals surface area contributed by atoms with Crippen molar-refractivity contribution in [1.29, 1.82) is 0 Å². The number of rotatable bonds is 1. The predicted molar refractivity (Wildman–Crippen MR) is 65.0 cm³/mol. The molecule has 0 bridgehead atoms. The Labute approximate surface area is 94.2 Å². The van der Waals surface area contributed by atoms with Gasteiger partial charge in [0, 0.05) is 12.6 Å². The highest BCUT2D eigenvalue weighted by molar-refractivity contribution is 5.80. The summed E-state index contributed by atoms with van der Waals surface area (Å²) in [5.41, 5.74) is 3.28. The fraction of sp³-hybridized carbons (Fsp3) is 0.0714. The van der Waals surface area contributed by atoms with Gasteiger partial charge in [-0.15, -0.1) is 0 Å². The van der Waals surface area contributed by atoms with Gasteiger partial charge in [-0.1, -0.05) is 30.3 Å². The van der Waals surface area contributed by atoms with Gasteiger partial charge in [-0.25, -0.2) is 4.98 Å². The number of benzene rings is 2. The smallest absolute Gasteiger partial charge is 0.140 e. The summed E-state index contributed by atoms with van der Waals surface area (Å²) in [7, 11) is 2.04. The van der Waals surface area contributed by atoms with Crippen molar-refractivity contribution in [1.82, 2.24) is 9.55 Å². The average molecular weight is 207 g/mol. The van der Waals surface area contributed by atoms with Crippen LogP contribution < -0.4 is 0 Å². The van der Waals surface area contributed by atoms with Gasteiger partial charge in [-0.2, -0.15) is 0 Å². The maximum absolute atomic E-state index is 4.63. The van der Waals surface area contributed by atoms with E-state index in [2.05, 4.69) is 27.8 Å². The standard InChI is InChI=1S/C14H11N2/c1-16-13-10-6-5-9-12(13)15-14(16)11-7-3-2-4-8-11/h2-3,5-10H,1H3. The molecule has 0 saturated heterocycles. The lowest BCUT2D eigenvalue weighted by Gasteiger charge is -2.01. The molecule has 2 heteroatoms. The second kappa shape index (κ2) is 3.49. The van der Waals surface area contributed by atoms with Gasteiger partial charge in [0.2, 0.25) is 0 Å². The molecule has 0 aliphatic rings. The first-order valence-electron chi connectivity index (χ1n) is 5.24. The Morgan fingerprint density at radius 2 is 2.00 bits per heavy atom. The van der Waals surface area contributed by atoms with Gasteiger partial charge in [0.1, 0.15) is 5.82 Å². The van der Waals surface area contributed by atoms with Crippen molar-refractivity contribution in [2.45, 2.75) is 0 Å². The quantitative estimate of drug-likeness (QED) is 0.599. The minimum Gasteiger partial charge on any atom is -0.327 e. The Bertz CT molecular complexity index is 624. The second-order valence-corrected chi connectivity index (χ2v) is 3.78.